The van der Waals surface area contributed by atoms with Crippen LogP contribution in [0.1, 0.15) is 10.4 Å². The van der Waals surface area contributed by atoms with Crippen molar-refractivity contribution < 1.29 is 18.7 Å². The van der Waals surface area contributed by atoms with E-state index in [0.29, 0.717) is 16.0 Å². The molecule has 0 aliphatic carbocycles. The maximum atomic E-state index is 11.2. The molecule has 18 heavy (non-hydrogen) atoms. The van der Waals surface area contributed by atoms with E-state index in [-0.39, 0.29) is 5.56 Å². The van der Waals surface area contributed by atoms with Crippen molar-refractivity contribution >= 4 is 17.0 Å². The maximum absolute atomic E-state index is 11.2. The van der Waals surface area contributed by atoms with E-state index in [9.17, 15) is 13.6 Å². The molecule has 0 bridgehead atoms. The number of carbonyl (C=O) groups is 1. The summed E-state index contributed by atoms with van der Waals surface area (Å²) in [5, 5.41) is 8.80. The van der Waals surface area contributed by atoms with E-state index in [2.05, 4.69) is 0 Å². The summed E-state index contributed by atoms with van der Waals surface area (Å²) >= 11 is -2.07. The number of carboxylic acid groups (broad SMARTS) is 1. The third-order valence-corrected chi connectivity index (χ3v) is 3.25. The van der Waals surface area contributed by atoms with Crippen LogP contribution in [0.15, 0.2) is 53.4 Å². The minimum atomic E-state index is -2.07. The first-order valence-corrected chi connectivity index (χ1v) is 6.24. The van der Waals surface area contributed by atoms with E-state index in [1.54, 1.807) is 36.4 Å². The minimum absolute atomic E-state index is 0.182. The van der Waals surface area contributed by atoms with Gasteiger partial charge in [0.05, 0.1) is 10.5 Å². The van der Waals surface area contributed by atoms with E-state index < -0.39 is 17.0 Å². The van der Waals surface area contributed by atoms with Gasteiger partial charge in [0.1, 0.15) is 0 Å². The van der Waals surface area contributed by atoms with Gasteiger partial charge in [-0.15, -0.1) is 0 Å². The van der Waals surface area contributed by atoms with Gasteiger partial charge in [0.15, 0.2) is 11.1 Å². The van der Waals surface area contributed by atoms with Crippen LogP contribution in [0, 0.1) is 0 Å². The zero-order valence-electron chi connectivity index (χ0n) is 9.24. The second-order valence-electron chi connectivity index (χ2n) is 3.63. The van der Waals surface area contributed by atoms with Crippen LogP contribution in [-0.2, 0) is 11.1 Å². The third-order valence-electron chi connectivity index (χ3n) is 2.52. The van der Waals surface area contributed by atoms with Gasteiger partial charge in [-0.1, -0.05) is 30.3 Å². The van der Waals surface area contributed by atoms with Crippen molar-refractivity contribution in [1.82, 2.24) is 0 Å². The zero-order valence-corrected chi connectivity index (χ0v) is 10.1. The van der Waals surface area contributed by atoms with Crippen LogP contribution in [0.25, 0.3) is 11.1 Å². The molecule has 0 saturated heterocycles. The van der Waals surface area contributed by atoms with E-state index >= 15 is 0 Å². The highest BCUT2D eigenvalue weighted by atomic mass is 32.2. The van der Waals surface area contributed by atoms with Gasteiger partial charge >= 0.3 is 5.97 Å². The maximum Gasteiger partial charge on any atom is 0.335 e. The van der Waals surface area contributed by atoms with E-state index in [4.69, 9.17) is 5.11 Å². The van der Waals surface area contributed by atoms with Crippen molar-refractivity contribution in [3.63, 3.8) is 0 Å². The number of hydrogen-bond acceptors (Lipinski definition) is 2. The van der Waals surface area contributed by atoms with Gasteiger partial charge in [-0.25, -0.2) is 9.00 Å². The molecule has 0 fully saturated rings. The first kappa shape index (κ1) is 12.5. The summed E-state index contributed by atoms with van der Waals surface area (Å²) in [5.74, 6) is -0.999. The molecule has 0 aromatic heterocycles. The van der Waals surface area contributed by atoms with Crippen LogP contribution >= 0.6 is 0 Å². The molecule has 0 saturated carbocycles. The molecule has 92 valence electrons. The van der Waals surface area contributed by atoms with Crippen molar-refractivity contribution in [1.29, 1.82) is 0 Å². The molecule has 0 spiro atoms. The number of hydrogen-bond donors (Lipinski definition) is 2. The first-order valence-electron chi connectivity index (χ1n) is 5.13. The predicted molar refractivity (Wildman–Crippen MR) is 67.9 cm³/mol. The largest absolute Gasteiger partial charge is 0.478 e. The summed E-state index contributed by atoms with van der Waals surface area (Å²) in [5.41, 5.74) is 1.51. The Kier molecular flexibility index (Phi) is 3.55. The zero-order chi connectivity index (χ0) is 13.1. The standard InChI is InChI=1S/C13H10O4S/c14-13(15)10-7-5-9(6-8-10)11-3-1-2-4-12(11)18(16)17/h1-8H,(H,14,15)(H,16,17). The van der Waals surface area contributed by atoms with Crippen LogP contribution in [0.3, 0.4) is 0 Å². The fourth-order valence-electron chi connectivity index (χ4n) is 1.65. The lowest BCUT2D eigenvalue weighted by Crippen LogP contribution is -1.96. The summed E-state index contributed by atoms with van der Waals surface area (Å²) in [7, 11) is 0. The molecule has 0 aliphatic rings. The summed E-state index contributed by atoms with van der Waals surface area (Å²) < 4.78 is 20.4. The van der Waals surface area contributed by atoms with Crippen LogP contribution in [0.4, 0.5) is 0 Å². The Labute approximate surface area is 106 Å². The summed E-state index contributed by atoms with van der Waals surface area (Å²) in [6.45, 7) is 0. The van der Waals surface area contributed by atoms with Crippen molar-refractivity contribution in [3.8, 4) is 11.1 Å². The van der Waals surface area contributed by atoms with Gasteiger partial charge in [-0.2, -0.15) is 0 Å². The van der Waals surface area contributed by atoms with Gasteiger partial charge < -0.3 is 9.66 Å². The van der Waals surface area contributed by atoms with Crippen molar-refractivity contribution in [3.05, 3.63) is 54.1 Å². The van der Waals surface area contributed by atoms with Crippen LogP contribution in [0.5, 0.6) is 0 Å². The molecule has 0 radical (unpaired) electrons. The third kappa shape index (κ3) is 2.47. The average molecular weight is 262 g/mol. The predicted octanol–water partition coefficient (Wildman–Crippen LogP) is 2.63. The molecule has 0 amide bonds. The molecule has 0 heterocycles. The lowest BCUT2D eigenvalue weighted by Gasteiger charge is -2.06. The van der Waals surface area contributed by atoms with Gasteiger partial charge in [0.2, 0.25) is 0 Å². The Balaban J connectivity index is 2.49. The molecule has 5 heteroatoms. The van der Waals surface area contributed by atoms with Gasteiger partial charge in [0, 0.05) is 5.56 Å². The molecule has 2 aromatic rings. The molecule has 4 nitrogen and oxygen atoms in total. The molecule has 1 unspecified atom stereocenters. The summed E-state index contributed by atoms with van der Waals surface area (Å²) in [6.07, 6.45) is 0. The number of carboxylic acids is 1. The lowest BCUT2D eigenvalue weighted by molar-refractivity contribution is 0.0697. The topological polar surface area (TPSA) is 74.6 Å². The van der Waals surface area contributed by atoms with E-state index in [1.807, 2.05) is 0 Å². The average Bonchev–Trinajstić information content (AvgIpc) is 2.39. The second kappa shape index (κ2) is 5.12. The van der Waals surface area contributed by atoms with Gasteiger partial charge in [-0.05, 0) is 23.8 Å². The Morgan fingerprint density at radius 2 is 1.61 bits per heavy atom. The Morgan fingerprint density at radius 3 is 2.17 bits per heavy atom. The normalized spacial score (nSPS) is 12.1. The van der Waals surface area contributed by atoms with Crippen molar-refractivity contribution in [2.45, 2.75) is 4.90 Å². The minimum Gasteiger partial charge on any atom is -0.478 e. The highest BCUT2D eigenvalue weighted by molar-refractivity contribution is 7.79. The molecule has 1 atom stereocenters. The second-order valence-corrected chi connectivity index (χ2v) is 4.57. The number of benzene rings is 2. The monoisotopic (exact) mass is 262 g/mol. The first-order chi connectivity index (χ1) is 8.59. The van der Waals surface area contributed by atoms with E-state index in [0.717, 1.165) is 0 Å². The molecule has 0 aliphatic heterocycles. The quantitative estimate of drug-likeness (QED) is 0.834. The number of rotatable bonds is 3. The fourth-order valence-corrected chi connectivity index (χ4v) is 2.22. The van der Waals surface area contributed by atoms with Gasteiger partial charge in [0.25, 0.3) is 0 Å². The molecule has 2 aromatic carbocycles. The molecular weight excluding hydrogens is 252 g/mol. The van der Waals surface area contributed by atoms with Crippen LogP contribution in [-0.4, -0.2) is 19.8 Å². The number of aromatic carboxylic acids is 1. The molecular formula is C13H10O4S. The highest BCUT2D eigenvalue weighted by Gasteiger charge is 2.09. The Hall–Kier alpha value is -1.98. The highest BCUT2D eigenvalue weighted by Crippen LogP contribution is 2.25. The van der Waals surface area contributed by atoms with Crippen molar-refractivity contribution in [2.75, 3.05) is 0 Å². The lowest BCUT2D eigenvalue weighted by atomic mass is 10.0. The summed E-state index contributed by atoms with van der Waals surface area (Å²) in [6, 6.07) is 12.9. The molecule has 2 N–H and O–H groups in total. The van der Waals surface area contributed by atoms with Crippen LogP contribution in [0.2, 0.25) is 0 Å². The SMILES string of the molecule is O=C(O)c1ccc(-c2ccccc2S(=O)O)cc1. The van der Waals surface area contributed by atoms with Crippen molar-refractivity contribution in [2.24, 2.45) is 0 Å². The smallest absolute Gasteiger partial charge is 0.335 e. The van der Waals surface area contributed by atoms with Crippen LogP contribution < -0.4 is 0 Å². The fraction of sp³-hybridized carbons (Fsp3) is 0. The van der Waals surface area contributed by atoms with E-state index in [1.165, 1.54) is 12.1 Å². The summed E-state index contributed by atoms with van der Waals surface area (Å²) in [4.78, 5) is 11.0. The van der Waals surface area contributed by atoms with Gasteiger partial charge in [-0.3, -0.25) is 0 Å². The molecule has 2 rings (SSSR count). The Morgan fingerprint density at radius 1 is 1.00 bits per heavy atom. The Bertz CT molecular complexity index is 605.